The van der Waals surface area contributed by atoms with Crippen molar-refractivity contribution in [2.24, 2.45) is 12.8 Å². The molecule has 1 heterocycles. The minimum absolute atomic E-state index is 0.444. The van der Waals surface area contributed by atoms with Gasteiger partial charge in [-0.25, -0.2) is 4.68 Å². The van der Waals surface area contributed by atoms with Gasteiger partial charge in [0, 0.05) is 13.6 Å². The van der Waals surface area contributed by atoms with Crippen LogP contribution >= 0.6 is 0 Å². The van der Waals surface area contributed by atoms with Crippen LogP contribution in [0.2, 0.25) is 0 Å². The number of nitrogens with zero attached hydrogens (tertiary/aromatic N) is 2. The second-order valence-electron chi connectivity index (χ2n) is 5.08. The summed E-state index contributed by atoms with van der Waals surface area (Å²) >= 11 is 0. The van der Waals surface area contributed by atoms with E-state index in [9.17, 15) is 0 Å². The Morgan fingerprint density at radius 2 is 2.11 bits per heavy atom. The van der Waals surface area contributed by atoms with Crippen molar-refractivity contribution in [1.82, 2.24) is 9.78 Å². The van der Waals surface area contributed by atoms with Crippen LogP contribution in [0.15, 0.2) is 18.2 Å². The highest BCUT2D eigenvalue weighted by atomic mass is 16.5. The number of rotatable bonds is 3. The van der Waals surface area contributed by atoms with Gasteiger partial charge in [-0.1, -0.05) is 6.07 Å². The van der Waals surface area contributed by atoms with E-state index < -0.39 is 0 Å². The number of hydrogen-bond acceptors (Lipinski definition) is 3. The number of ether oxygens (including phenoxy) is 1. The van der Waals surface area contributed by atoms with E-state index in [4.69, 9.17) is 10.5 Å². The molecule has 1 aromatic carbocycles. The molecule has 4 nitrogen and oxygen atoms in total. The number of nitrogens with two attached hydrogens (primary N) is 1. The third-order valence-electron chi connectivity index (χ3n) is 3.78. The van der Waals surface area contributed by atoms with Crippen LogP contribution < -0.4 is 10.5 Å². The van der Waals surface area contributed by atoms with Crippen molar-refractivity contribution in [2.45, 2.75) is 32.7 Å². The van der Waals surface area contributed by atoms with E-state index in [2.05, 4.69) is 17.2 Å². The van der Waals surface area contributed by atoms with Crippen molar-refractivity contribution in [3.05, 3.63) is 40.6 Å². The Morgan fingerprint density at radius 3 is 2.89 bits per heavy atom. The van der Waals surface area contributed by atoms with Crippen LogP contribution in [0.25, 0.3) is 0 Å². The maximum Gasteiger partial charge on any atom is 0.222 e. The summed E-state index contributed by atoms with van der Waals surface area (Å²) in [6.07, 6.45) is 3.59. The van der Waals surface area contributed by atoms with Crippen molar-refractivity contribution < 1.29 is 4.74 Å². The lowest BCUT2D eigenvalue weighted by atomic mass is 10.1. The Labute approximate surface area is 113 Å². The second-order valence-corrected chi connectivity index (χ2v) is 5.08. The predicted octanol–water partition coefficient (Wildman–Crippen LogP) is 2.47. The molecule has 4 heteroatoms. The number of hydrogen-bond donors (Lipinski definition) is 1. The largest absolute Gasteiger partial charge is 0.439 e. The summed E-state index contributed by atoms with van der Waals surface area (Å²) in [5, 5.41) is 4.36. The highest BCUT2D eigenvalue weighted by Crippen LogP contribution is 2.31. The summed E-state index contributed by atoms with van der Waals surface area (Å²) in [4.78, 5) is 0. The zero-order valence-electron chi connectivity index (χ0n) is 11.4. The van der Waals surface area contributed by atoms with Crippen LogP contribution in [0.3, 0.4) is 0 Å². The molecular formula is C15H19N3O. The Morgan fingerprint density at radius 1 is 1.32 bits per heavy atom. The molecule has 100 valence electrons. The minimum atomic E-state index is 0.444. The average Bonchev–Trinajstić information content (AvgIpc) is 2.94. The summed E-state index contributed by atoms with van der Waals surface area (Å²) < 4.78 is 7.75. The Kier molecular flexibility index (Phi) is 3.03. The van der Waals surface area contributed by atoms with Gasteiger partial charge < -0.3 is 10.5 Å². The van der Waals surface area contributed by atoms with Crippen LogP contribution in [0.5, 0.6) is 11.6 Å². The molecule has 1 aromatic heterocycles. The smallest absolute Gasteiger partial charge is 0.222 e. The van der Waals surface area contributed by atoms with Gasteiger partial charge in [0.2, 0.25) is 5.88 Å². The maximum absolute atomic E-state index is 6.00. The van der Waals surface area contributed by atoms with Gasteiger partial charge in [0.1, 0.15) is 5.75 Å². The third-order valence-corrected chi connectivity index (χ3v) is 3.78. The maximum atomic E-state index is 6.00. The standard InChI is InChI=1S/C15H19N3O/c1-10-14(9-16)15(18(2)17-10)19-13-7-6-11-4-3-5-12(11)8-13/h6-8H,3-5,9,16H2,1-2H3. The van der Waals surface area contributed by atoms with E-state index in [0.717, 1.165) is 29.3 Å². The van der Waals surface area contributed by atoms with E-state index >= 15 is 0 Å². The van der Waals surface area contributed by atoms with Gasteiger partial charge in [0.25, 0.3) is 0 Å². The highest BCUT2D eigenvalue weighted by molar-refractivity contribution is 5.41. The Bertz CT molecular complexity index is 616. The number of aromatic nitrogens is 2. The first-order chi connectivity index (χ1) is 9.19. The summed E-state index contributed by atoms with van der Waals surface area (Å²) in [5.74, 6) is 1.62. The molecule has 1 aliphatic rings. The van der Waals surface area contributed by atoms with Gasteiger partial charge >= 0.3 is 0 Å². The summed E-state index contributed by atoms with van der Waals surface area (Å²) in [5.41, 5.74) is 10.5. The van der Waals surface area contributed by atoms with Crippen LogP contribution in [0.4, 0.5) is 0 Å². The molecule has 19 heavy (non-hydrogen) atoms. The lowest BCUT2D eigenvalue weighted by molar-refractivity contribution is 0.425. The third kappa shape index (κ3) is 2.12. The fourth-order valence-corrected chi connectivity index (χ4v) is 2.77. The van der Waals surface area contributed by atoms with Gasteiger partial charge in [-0.2, -0.15) is 5.10 Å². The van der Waals surface area contributed by atoms with Crippen molar-refractivity contribution in [3.63, 3.8) is 0 Å². The lowest BCUT2D eigenvalue weighted by Gasteiger charge is -2.09. The fraction of sp³-hybridized carbons (Fsp3) is 0.400. The van der Waals surface area contributed by atoms with Gasteiger partial charge in [-0.15, -0.1) is 0 Å². The Balaban J connectivity index is 1.93. The second kappa shape index (κ2) is 4.70. The van der Waals surface area contributed by atoms with Crippen molar-refractivity contribution in [3.8, 4) is 11.6 Å². The average molecular weight is 257 g/mol. The molecule has 0 radical (unpaired) electrons. The number of aryl methyl sites for hydroxylation is 4. The molecule has 0 atom stereocenters. The first kappa shape index (κ1) is 12.2. The SMILES string of the molecule is Cc1nn(C)c(Oc2ccc3c(c2)CCC3)c1CN. The number of fused-ring (bicyclic) bond motifs is 1. The van der Waals surface area contributed by atoms with E-state index in [1.807, 2.05) is 20.0 Å². The molecule has 0 saturated carbocycles. The topological polar surface area (TPSA) is 53.1 Å². The molecule has 2 aromatic rings. The first-order valence-corrected chi connectivity index (χ1v) is 6.71. The zero-order valence-corrected chi connectivity index (χ0v) is 11.4. The van der Waals surface area contributed by atoms with Gasteiger partial charge in [0.15, 0.2) is 0 Å². The normalized spacial score (nSPS) is 13.6. The van der Waals surface area contributed by atoms with Gasteiger partial charge in [0.05, 0.1) is 11.3 Å². The first-order valence-electron chi connectivity index (χ1n) is 6.71. The molecule has 0 saturated heterocycles. The molecule has 2 N–H and O–H groups in total. The molecule has 1 aliphatic carbocycles. The van der Waals surface area contributed by atoms with Crippen molar-refractivity contribution >= 4 is 0 Å². The van der Waals surface area contributed by atoms with Gasteiger partial charge in [-0.3, -0.25) is 0 Å². The summed E-state index contributed by atoms with van der Waals surface area (Å²) in [7, 11) is 1.88. The summed E-state index contributed by atoms with van der Waals surface area (Å²) in [6.45, 7) is 2.40. The molecule has 0 spiro atoms. The van der Waals surface area contributed by atoms with E-state index in [1.165, 1.54) is 24.0 Å². The van der Waals surface area contributed by atoms with Crippen LogP contribution in [0, 0.1) is 6.92 Å². The zero-order chi connectivity index (χ0) is 13.4. The van der Waals surface area contributed by atoms with Crippen molar-refractivity contribution in [1.29, 1.82) is 0 Å². The van der Waals surface area contributed by atoms with E-state index in [0.29, 0.717) is 6.54 Å². The molecule has 0 fully saturated rings. The highest BCUT2D eigenvalue weighted by Gasteiger charge is 2.16. The molecular weight excluding hydrogens is 238 g/mol. The molecule has 0 amide bonds. The lowest BCUT2D eigenvalue weighted by Crippen LogP contribution is -2.01. The Hall–Kier alpha value is -1.81. The van der Waals surface area contributed by atoms with Crippen LogP contribution in [-0.2, 0) is 26.4 Å². The van der Waals surface area contributed by atoms with Gasteiger partial charge in [-0.05, 0) is 49.4 Å². The predicted molar refractivity (Wildman–Crippen MR) is 74.4 cm³/mol. The minimum Gasteiger partial charge on any atom is -0.439 e. The molecule has 0 bridgehead atoms. The monoisotopic (exact) mass is 257 g/mol. The molecule has 0 aliphatic heterocycles. The van der Waals surface area contributed by atoms with E-state index in [1.54, 1.807) is 4.68 Å². The van der Waals surface area contributed by atoms with Crippen LogP contribution in [0.1, 0.15) is 28.8 Å². The summed E-state index contributed by atoms with van der Waals surface area (Å²) in [6, 6.07) is 6.35. The quantitative estimate of drug-likeness (QED) is 0.919. The number of benzene rings is 1. The fourth-order valence-electron chi connectivity index (χ4n) is 2.77. The van der Waals surface area contributed by atoms with Crippen LogP contribution in [-0.4, -0.2) is 9.78 Å². The van der Waals surface area contributed by atoms with E-state index in [-0.39, 0.29) is 0 Å². The molecule has 0 unspecified atom stereocenters. The molecule has 3 rings (SSSR count). The van der Waals surface area contributed by atoms with Crippen molar-refractivity contribution in [2.75, 3.05) is 0 Å².